The van der Waals surface area contributed by atoms with Crippen molar-refractivity contribution in [3.05, 3.63) is 35.9 Å². The maximum Gasteiger partial charge on any atom is 0.338 e. The van der Waals surface area contributed by atoms with Gasteiger partial charge in [-0.1, -0.05) is 44.2 Å². The van der Waals surface area contributed by atoms with Gasteiger partial charge in [-0.25, -0.2) is 0 Å². The summed E-state index contributed by atoms with van der Waals surface area (Å²) in [4.78, 5) is 2.33. The molecule has 4 nitrogen and oxygen atoms in total. The first-order valence-electron chi connectivity index (χ1n) is 8.27. The van der Waals surface area contributed by atoms with Gasteiger partial charge in [-0.3, -0.25) is 4.57 Å². The van der Waals surface area contributed by atoms with Gasteiger partial charge in [0, 0.05) is 0 Å². The van der Waals surface area contributed by atoms with Crippen molar-refractivity contribution in [3.8, 4) is 0 Å². The van der Waals surface area contributed by atoms with E-state index in [2.05, 4.69) is 18.7 Å². The van der Waals surface area contributed by atoms with Gasteiger partial charge < -0.3 is 13.9 Å². The van der Waals surface area contributed by atoms with Crippen molar-refractivity contribution >= 4 is 20.0 Å². The van der Waals surface area contributed by atoms with E-state index in [9.17, 15) is 4.57 Å². The van der Waals surface area contributed by atoms with Crippen molar-refractivity contribution in [2.45, 2.75) is 39.8 Å². The second-order valence-electron chi connectivity index (χ2n) is 5.12. The van der Waals surface area contributed by atoms with Gasteiger partial charge in [-0.2, -0.15) is 0 Å². The molecule has 134 valence electrons. The number of benzene rings is 1. The highest BCUT2D eigenvalue weighted by Crippen LogP contribution is 2.62. The van der Waals surface area contributed by atoms with E-state index in [0.29, 0.717) is 13.2 Å². The van der Waals surface area contributed by atoms with Crippen molar-refractivity contribution in [2.75, 3.05) is 32.8 Å². The fraction of sp³-hybridized carbons (Fsp3) is 0.647. The third kappa shape index (κ3) is 6.94. The van der Waals surface area contributed by atoms with Crippen LogP contribution in [0.5, 0.6) is 0 Å². The van der Waals surface area contributed by atoms with Gasteiger partial charge in [-0.15, -0.1) is 12.4 Å². The van der Waals surface area contributed by atoms with Crippen LogP contribution in [-0.2, 0) is 13.6 Å². The van der Waals surface area contributed by atoms with Crippen LogP contribution in [0.1, 0.15) is 45.3 Å². The third-order valence-electron chi connectivity index (χ3n) is 3.80. The molecule has 0 radical (unpaired) electrons. The van der Waals surface area contributed by atoms with Gasteiger partial charge in [0.15, 0.2) is 0 Å². The van der Waals surface area contributed by atoms with E-state index in [0.717, 1.165) is 31.6 Å². The molecule has 6 heteroatoms. The van der Waals surface area contributed by atoms with Crippen LogP contribution in [-0.4, -0.2) is 37.7 Å². The summed E-state index contributed by atoms with van der Waals surface area (Å²) in [6.45, 7) is 11.7. The number of rotatable bonds is 11. The van der Waals surface area contributed by atoms with Crippen LogP contribution in [0.3, 0.4) is 0 Å². The molecule has 0 aliphatic rings. The van der Waals surface area contributed by atoms with Crippen molar-refractivity contribution < 1.29 is 13.6 Å². The molecule has 0 bridgehead atoms. The van der Waals surface area contributed by atoms with Gasteiger partial charge in [0.2, 0.25) is 0 Å². The Morgan fingerprint density at radius 1 is 1.00 bits per heavy atom. The number of halogens is 1. The third-order valence-corrected chi connectivity index (χ3v) is 6.35. The highest BCUT2D eigenvalue weighted by atomic mass is 35.5. The lowest BCUT2D eigenvalue weighted by atomic mass is 10.1. The first-order valence-corrected chi connectivity index (χ1v) is 9.88. The molecule has 1 unspecified atom stereocenters. The van der Waals surface area contributed by atoms with Gasteiger partial charge in [-0.05, 0) is 45.5 Å². The lowest BCUT2D eigenvalue weighted by molar-refractivity contribution is 0.206. The predicted octanol–water partition coefficient (Wildman–Crippen LogP) is 5.15. The van der Waals surface area contributed by atoms with Gasteiger partial charge >= 0.3 is 7.60 Å². The predicted molar refractivity (Wildman–Crippen MR) is 99.7 cm³/mol. The van der Waals surface area contributed by atoms with Crippen molar-refractivity contribution in [3.63, 3.8) is 0 Å². The van der Waals surface area contributed by atoms with Crippen molar-refractivity contribution in [2.24, 2.45) is 0 Å². The molecule has 0 spiro atoms. The fourth-order valence-electron chi connectivity index (χ4n) is 2.60. The van der Waals surface area contributed by atoms with Crippen LogP contribution in [0.25, 0.3) is 0 Å². The summed E-state index contributed by atoms with van der Waals surface area (Å²) in [6, 6.07) is 9.94. The van der Waals surface area contributed by atoms with Crippen molar-refractivity contribution in [1.29, 1.82) is 0 Å². The summed E-state index contributed by atoms with van der Waals surface area (Å²) < 4.78 is 24.4. The molecule has 23 heavy (non-hydrogen) atoms. The van der Waals surface area contributed by atoms with Crippen LogP contribution < -0.4 is 0 Å². The first-order chi connectivity index (χ1) is 10.6. The van der Waals surface area contributed by atoms with Gasteiger partial charge in [0.05, 0.1) is 18.9 Å². The molecular weight excluding hydrogens is 333 g/mol. The van der Waals surface area contributed by atoms with Crippen LogP contribution in [0.4, 0.5) is 0 Å². The van der Waals surface area contributed by atoms with Crippen LogP contribution in [0.15, 0.2) is 30.3 Å². The normalized spacial score (nSPS) is 12.9. The molecule has 0 fully saturated rings. The molecule has 1 aromatic carbocycles. The lowest BCUT2D eigenvalue weighted by Gasteiger charge is -2.28. The quantitative estimate of drug-likeness (QED) is 0.510. The summed E-state index contributed by atoms with van der Waals surface area (Å²) in [5, 5.41) is 0. The number of hydrogen-bond acceptors (Lipinski definition) is 4. The Hall–Kier alpha value is -0.380. The Balaban J connectivity index is 0.00000484. The summed E-state index contributed by atoms with van der Waals surface area (Å²) in [5.74, 6) is 0. The summed E-state index contributed by atoms with van der Waals surface area (Å²) in [5.41, 5.74) is 0.814. The molecule has 0 saturated heterocycles. The number of hydrogen-bond donors (Lipinski definition) is 0. The van der Waals surface area contributed by atoms with Gasteiger partial charge in [0.25, 0.3) is 0 Å². The number of nitrogens with zero attached hydrogens (tertiary/aromatic N) is 1. The van der Waals surface area contributed by atoms with Crippen LogP contribution in [0, 0.1) is 0 Å². The molecule has 0 heterocycles. The second-order valence-corrected chi connectivity index (χ2v) is 7.34. The topological polar surface area (TPSA) is 38.8 Å². The summed E-state index contributed by atoms with van der Waals surface area (Å²) in [6.07, 6.45) is 0.767. The molecule has 1 atom stereocenters. The second kappa shape index (κ2) is 12.0. The van der Waals surface area contributed by atoms with E-state index in [1.54, 1.807) is 0 Å². The Kier molecular flexibility index (Phi) is 11.9. The van der Waals surface area contributed by atoms with E-state index in [1.807, 2.05) is 44.2 Å². The molecular formula is C17H31ClNO3P. The maximum absolute atomic E-state index is 13.2. The zero-order chi connectivity index (χ0) is 16.4. The average Bonchev–Trinajstić information content (AvgIpc) is 2.53. The molecule has 0 aliphatic carbocycles. The minimum atomic E-state index is -3.16. The average molecular weight is 364 g/mol. The van der Waals surface area contributed by atoms with Crippen LogP contribution >= 0.6 is 20.0 Å². The molecule has 0 amide bonds. The minimum absolute atomic E-state index is 0. The van der Waals surface area contributed by atoms with E-state index >= 15 is 0 Å². The Bertz CT molecular complexity index is 444. The zero-order valence-corrected chi connectivity index (χ0v) is 16.4. The Morgan fingerprint density at radius 3 is 1.96 bits per heavy atom. The summed E-state index contributed by atoms with van der Waals surface area (Å²) in [7, 11) is -3.16. The first kappa shape index (κ1) is 22.6. The lowest BCUT2D eigenvalue weighted by Crippen LogP contribution is -2.25. The van der Waals surface area contributed by atoms with Crippen LogP contribution in [0.2, 0.25) is 0 Å². The van der Waals surface area contributed by atoms with E-state index in [-0.39, 0.29) is 18.1 Å². The summed E-state index contributed by atoms with van der Waals surface area (Å²) >= 11 is 0. The maximum atomic E-state index is 13.2. The molecule has 0 aliphatic heterocycles. The highest BCUT2D eigenvalue weighted by Gasteiger charge is 2.36. The van der Waals surface area contributed by atoms with Gasteiger partial charge in [0.1, 0.15) is 0 Å². The van der Waals surface area contributed by atoms with Crippen molar-refractivity contribution in [1.82, 2.24) is 4.90 Å². The molecule has 1 rings (SSSR count). The monoisotopic (exact) mass is 363 g/mol. The fourth-order valence-corrected chi connectivity index (χ4v) is 4.73. The molecule has 1 aromatic rings. The van der Waals surface area contributed by atoms with E-state index < -0.39 is 7.60 Å². The molecule has 0 saturated carbocycles. The van der Waals surface area contributed by atoms with E-state index in [1.165, 1.54) is 0 Å². The standard InChI is InChI=1S/C17H30NO3P.ClH/c1-5-18(6-2)15-14-17(16-12-10-9-11-13-16)22(19,20-7-3)21-8-4;/h9-13,17H,5-8,14-15H2,1-4H3;1H. The SMILES string of the molecule is CCOP(=O)(OCC)C(CCN(CC)CC)c1ccccc1.Cl. The largest absolute Gasteiger partial charge is 0.338 e. The highest BCUT2D eigenvalue weighted by molar-refractivity contribution is 7.54. The molecule has 0 aromatic heterocycles. The zero-order valence-electron chi connectivity index (χ0n) is 14.7. The molecule has 0 N–H and O–H groups in total. The van der Waals surface area contributed by atoms with E-state index in [4.69, 9.17) is 9.05 Å². The smallest absolute Gasteiger partial charge is 0.308 e. The minimum Gasteiger partial charge on any atom is -0.308 e. The Morgan fingerprint density at radius 2 is 1.52 bits per heavy atom. The Labute approximate surface area is 147 Å².